The third kappa shape index (κ3) is 40.1. The number of hydrogen-bond donors (Lipinski definition) is 2. The van der Waals surface area contributed by atoms with Crippen molar-refractivity contribution >= 4 is 11.9 Å². The smallest absolute Gasteiger partial charge is 0.305 e. The Morgan fingerprint density at radius 2 is 0.689 bits per heavy atom. The van der Waals surface area contributed by atoms with E-state index in [-0.39, 0.29) is 24.1 Å². The molecule has 8 nitrogen and oxygen atoms in total. The van der Waals surface area contributed by atoms with Crippen molar-refractivity contribution in [3.63, 3.8) is 0 Å². The highest BCUT2D eigenvalue weighted by atomic mass is 16.5. The molecule has 0 aromatic carbocycles. The van der Waals surface area contributed by atoms with Crippen molar-refractivity contribution < 1.29 is 29.3 Å². The topological polar surface area (TPSA) is 99.5 Å². The summed E-state index contributed by atoms with van der Waals surface area (Å²) >= 11 is 0. The molecule has 61 heavy (non-hydrogen) atoms. The fourth-order valence-electron chi connectivity index (χ4n) is 8.50. The van der Waals surface area contributed by atoms with Crippen LogP contribution in [0.25, 0.3) is 0 Å². The quantitative estimate of drug-likeness (QED) is 0.0461. The van der Waals surface area contributed by atoms with Gasteiger partial charge in [0.1, 0.15) is 0 Å². The lowest BCUT2D eigenvalue weighted by Gasteiger charge is -2.28. The number of esters is 2. The van der Waals surface area contributed by atoms with Gasteiger partial charge in [0, 0.05) is 25.9 Å². The number of aliphatic hydroxyl groups excluding tert-OH is 2. The molecule has 0 aliphatic carbocycles. The van der Waals surface area contributed by atoms with Crippen LogP contribution in [0.2, 0.25) is 0 Å². The summed E-state index contributed by atoms with van der Waals surface area (Å²) in [5.74, 6) is 0.843. The third-order valence-corrected chi connectivity index (χ3v) is 12.9. The average molecular weight is 867 g/mol. The number of carbonyl (C=O) groups is 2. The van der Waals surface area contributed by atoms with Crippen LogP contribution in [0.4, 0.5) is 0 Å². The highest BCUT2D eigenvalue weighted by Gasteiger charge is 2.17. The first kappa shape index (κ1) is 59.8. The molecule has 0 rings (SSSR count). The summed E-state index contributed by atoms with van der Waals surface area (Å²) in [4.78, 5) is 30.3. The van der Waals surface area contributed by atoms with E-state index in [4.69, 9.17) is 9.47 Å². The number of hydrogen-bond acceptors (Lipinski definition) is 8. The minimum atomic E-state index is -0.365. The Balaban J connectivity index is 4.81. The Kier molecular flexibility index (Phi) is 44.4. The van der Waals surface area contributed by atoms with E-state index < -0.39 is 0 Å². The van der Waals surface area contributed by atoms with Crippen molar-refractivity contribution in [2.45, 2.75) is 266 Å². The van der Waals surface area contributed by atoms with Gasteiger partial charge in [-0.1, -0.05) is 170 Å². The predicted molar refractivity (Wildman–Crippen MR) is 260 cm³/mol. The molecule has 0 aliphatic heterocycles. The van der Waals surface area contributed by atoms with Crippen molar-refractivity contribution in [1.29, 1.82) is 0 Å². The number of ether oxygens (including phenoxy) is 2. The predicted octanol–water partition coefficient (Wildman–Crippen LogP) is 13.6. The maximum atomic E-state index is 12.8. The molecule has 0 saturated carbocycles. The van der Waals surface area contributed by atoms with E-state index in [1.165, 1.54) is 154 Å². The number of carbonyl (C=O) groups excluding carboxylic acids is 2. The normalized spacial score (nSPS) is 13.8. The second kappa shape index (κ2) is 45.4. The van der Waals surface area contributed by atoms with E-state index in [0.29, 0.717) is 51.0 Å². The van der Waals surface area contributed by atoms with Gasteiger partial charge in [-0.2, -0.15) is 0 Å². The van der Waals surface area contributed by atoms with Crippen LogP contribution in [0.5, 0.6) is 0 Å². The van der Waals surface area contributed by atoms with Gasteiger partial charge in [-0.05, 0) is 109 Å². The molecule has 4 unspecified atom stereocenters. The van der Waals surface area contributed by atoms with E-state index in [9.17, 15) is 19.8 Å². The van der Waals surface area contributed by atoms with Crippen molar-refractivity contribution in [2.75, 3.05) is 52.5 Å². The molecule has 0 amide bonds. The molecule has 0 bridgehead atoms. The summed E-state index contributed by atoms with van der Waals surface area (Å²) in [6.45, 7) is 18.9. The molecule has 4 atom stereocenters. The molecule has 0 fully saturated rings. The SMILES string of the molecule is CCCCCCCCC(CCCCCC)COC(=O)CCCCN(CCCN(CCCCC(=O)OCC(CCCCCC)CCCCCCCC)CC(O)CC)CC(O)CC. The molecule has 2 N–H and O–H groups in total. The Labute approximate surface area is 379 Å². The fraction of sp³-hybridized carbons (Fsp3) is 0.962. The first-order chi connectivity index (χ1) is 29.7. The lowest BCUT2D eigenvalue weighted by Crippen LogP contribution is -2.38. The van der Waals surface area contributed by atoms with Gasteiger partial charge < -0.3 is 29.5 Å². The second-order valence-electron chi connectivity index (χ2n) is 18.9. The number of rotatable bonds is 48. The highest BCUT2D eigenvalue weighted by Crippen LogP contribution is 2.21. The summed E-state index contributed by atoms with van der Waals surface area (Å²) in [5.41, 5.74) is 0. The van der Waals surface area contributed by atoms with Crippen molar-refractivity contribution in [3.05, 3.63) is 0 Å². The van der Waals surface area contributed by atoms with E-state index >= 15 is 0 Å². The Morgan fingerprint density at radius 3 is 1.02 bits per heavy atom. The van der Waals surface area contributed by atoms with Gasteiger partial charge in [0.15, 0.2) is 0 Å². The zero-order valence-electron chi connectivity index (χ0n) is 41.7. The van der Waals surface area contributed by atoms with Crippen LogP contribution in [-0.2, 0) is 19.1 Å². The number of aliphatic hydroxyl groups is 2. The van der Waals surface area contributed by atoms with Crippen LogP contribution in [-0.4, -0.2) is 96.6 Å². The van der Waals surface area contributed by atoms with E-state index in [2.05, 4.69) is 37.5 Å². The monoisotopic (exact) mass is 867 g/mol. The summed E-state index contributed by atoms with van der Waals surface area (Å²) in [6.07, 6.45) is 36.3. The average Bonchev–Trinajstić information content (AvgIpc) is 3.26. The summed E-state index contributed by atoms with van der Waals surface area (Å²) in [6, 6.07) is 0. The van der Waals surface area contributed by atoms with E-state index in [1.807, 2.05) is 13.8 Å². The molecule has 0 heterocycles. The van der Waals surface area contributed by atoms with Gasteiger partial charge in [-0.25, -0.2) is 0 Å². The van der Waals surface area contributed by atoms with Crippen LogP contribution in [0, 0.1) is 11.8 Å². The van der Waals surface area contributed by atoms with E-state index in [1.54, 1.807) is 0 Å². The summed E-state index contributed by atoms with van der Waals surface area (Å²) in [7, 11) is 0. The maximum Gasteiger partial charge on any atom is 0.305 e. The van der Waals surface area contributed by atoms with Gasteiger partial charge >= 0.3 is 11.9 Å². The van der Waals surface area contributed by atoms with Crippen molar-refractivity contribution in [3.8, 4) is 0 Å². The third-order valence-electron chi connectivity index (χ3n) is 12.9. The Bertz CT molecular complexity index is 864. The molecule has 8 heteroatoms. The number of nitrogens with zero attached hydrogens (tertiary/aromatic N) is 2. The summed E-state index contributed by atoms with van der Waals surface area (Å²) in [5, 5.41) is 21.1. The largest absolute Gasteiger partial charge is 0.465 e. The van der Waals surface area contributed by atoms with Gasteiger partial charge in [0.05, 0.1) is 25.4 Å². The minimum Gasteiger partial charge on any atom is -0.465 e. The van der Waals surface area contributed by atoms with Gasteiger partial charge in [0.2, 0.25) is 0 Å². The van der Waals surface area contributed by atoms with Crippen LogP contribution in [0.15, 0.2) is 0 Å². The zero-order chi connectivity index (χ0) is 45.0. The first-order valence-electron chi connectivity index (χ1n) is 26.8. The van der Waals surface area contributed by atoms with E-state index in [0.717, 1.165) is 71.1 Å². The second-order valence-corrected chi connectivity index (χ2v) is 18.9. The Hall–Kier alpha value is -1.22. The number of unbranched alkanes of at least 4 members (excludes halogenated alkanes) is 18. The van der Waals surface area contributed by atoms with Gasteiger partial charge in [0.25, 0.3) is 0 Å². The van der Waals surface area contributed by atoms with Crippen LogP contribution >= 0.6 is 0 Å². The minimum absolute atomic E-state index is 0.0643. The molecule has 364 valence electrons. The molecule has 0 radical (unpaired) electrons. The summed E-state index contributed by atoms with van der Waals surface area (Å²) < 4.78 is 11.7. The molecule has 0 aliphatic rings. The van der Waals surface area contributed by atoms with Crippen LogP contribution in [0.3, 0.4) is 0 Å². The van der Waals surface area contributed by atoms with Crippen molar-refractivity contribution in [1.82, 2.24) is 9.80 Å². The van der Waals surface area contributed by atoms with Crippen LogP contribution < -0.4 is 0 Å². The highest BCUT2D eigenvalue weighted by molar-refractivity contribution is 5.69. The zero-order valence-corrected chi connectivity index (χ0v) is 41.7. The standard InChI is InChI=1S/C53H106N2O6/c1-7-13-17-21-23-27-36-48(34-25-19-15-9-3)46-60-52(58)38-29-31-40-54(44-50(56)11-5)42-33-43-55(45-51(57)12-6)41-32-30-39-53(59)61-47-49(35-26-20-16-10-4)37-28-24-22-18-14-8-2/h48-51,56-57H,7-47H2,1-6H3. The Morgan fingerprint density at radius 1 is 0.393 bits per heavy atom. The van der Waals surface area contributed by atoms with Gasteiger partial charge in [-0.3, -0.25) is 9.59 Å². The van der Waals surface area contributed by atoms with Crippen LogP contribution in [0.1, 0.15) is 253 Å². The fourth-order valence-corrected chi connectivity index (χ4v) is 8.50. The first-order valence-corrected chi connectivity index (χ1v) is 26.8. The molecule has 0 spiro atoms. The lowest BCUT2D eigenvalue weighted by atomic mass is 9.95. The van der Waals surface area contributed by atoms with Crippen molar-refractivity contribution in [2.24, 2.45) is 11.8 Å². The molecule has 0 aromatic heterocycles. The molecular formula is C53H106N2O6. The lowest BCUT2D eigenvalue weighted by molar-refractivity contribution is -0.146. The molecule has 0 aromatic rings. The molecule has 0 saturated heterocycles. The van der Waals surface area contributed by atoms with Gasteiger partial charge in [-0.15, -0.1) is 0 Å². The molecular weight excluding hydrogens is 761 g/mol. The maximum absolute atomic E-state index is 12.8.